The minimum Gasteiger partial charge on any atom is -0.475 e. The van der Waals surface area contributed by atoms with Crippen LogP contribution in [-0.4, -0.2) is 60.7 Å². The second-order valence-electron chi connectivity index (χ2n) is 8.80. The van der Waals surface area contributed by atoms with Crippen molar-refractivity contribution < 1.29 is 23.9 Å². The largest absolute Gasteiger partial charge is 0.475 e. The van der Waals surface area contributed by atoms with Gasteiger partial charge in [-0.15, -0.1) is 5.10 Å². The Morgan fingerprint density at radius 3 is 2.75 bits per heavy atom. The highest BCUT2D eigenvalue weighted by Gasteiger charge is 2.39. The van der Waals surface area contributed by atoms with Crippen molar-refractivity contribution in [2.45, 2.75) is 45.4 Å². The molecule has 12 heteroatoms. The van der Waals surface area contributed by atoms with Gasteiger partial charge in [0.25, 0.3) is 11.8 Å². The monoisotopic (exact) mass is 489 g/mol. The van der Waals surface area contributed by atoms with Crippen LogP contribution in [0.2, 0.25) is 0 Å². The summed E-state index contributed by atoms with van der Waals surface area (Å²) in [6.45, 7) is 4.07. The van der Waals surface area contributed by atoms with Crippen molar-refractivity contribution in [2.75, 3.05) is 5.32 Å². The molecule has 0 aliphatic carbocycles. The second-order valence-corrected chi connectivity index (χ2v) is 8.80. The van der Waals surface area contributed by atoms with E-state index in [0.29, 0.717) is 29.2 Å². The summed E-state index contributed by atoms with van der Waals surface area (Å²) in [5.74, 6) is -1.10. The van der Waals surface area contributed by atoms with E-state index in [-0.39, 0.29) is 36.6 Å². The zero-order valence-corrected chi connectivity index (χ0v) is 19.6. The van der Waals surface area contributed by atoms with Crippen LogP contribution in [-0.2, 0) is 16.1 Å². The van der Waals surface area contributed by atoms with Gasteiger partial charge >= 0.3 is 0 Å². The minimum atomic E-state index is -0.687. The third-order valence-electron chi connectivity index (χ3n) is 5.85. The number of ether oxygens (including phenoxy) is 1. The molecule has 184 valence electrons. The van der Waals surface area contributed by atoms with Gasteiger partial charge in [0, 0.05) is 24.6 Å². The lowest BCUT2D eigenvalue weighted by molar-refractivity contribution is -0.136. The van der Waals surface area contributed by atoms with E-state index >= 15 is 0 Å². The highest BCUT2D eigenvalue weighted by Crippen LogP contribution is 2.29. The highest BCUT2D eigenvalue weighted by atomic mass is 16.5. The first kappa shape index (κ1) is 23.1. The van der Waals surface area contributed by atoms with Crippen LogP contribution in [0.15, 0.2) is 42.7 Å². The molecule has 1 fully saturated rings. The van der Waals surface area contributed by atoms with E-state index in [2.05, 4.69) is 25.9 Å². The van der Waals surface area contributed by atoms with Crippen LogP contribution < -0.4 is 15.4 Å². The molecule has 2 aliphatic rings. The Labute approximate surface area is 205 Å². The van der Waals surface area contributed by atoms with Gasteiger partial charge in [0.1, 0.15) is 6.04 Å². The van der Waals surface area contributed by atoms with Crippen molar-refractivity contribution in [1.29, 1.82) is 0 Å². The standard InChI is InChI=1S/C24H23N7O5/c1-13(2)36-21-8-4-15(10-25-21)26-22(33)18-12-31(29-28-18)16-5-3-14-11-30(24(35)17(14)9-16)19-6-7-20(32)27-23(19)34/h3-5,8-10,12-13,19H,6-7,11H2,1-2H3,(H,26,33)(H,27,32,34). The number of anilines is 1. The number of rotatable bonds is 6. The molecule has 0 bridgehead atoms. The lowest BCUT2D eigenvalue weighted by Gasteiger charge is -2.29. The predicted molar refractivity (Wildman–Crippen MR) is 125 cm³/mol. The number of pyridine rings is 1. The normalized spacial score (nSPS) is 17.2. The first-order valence-electron chi connectivity index (χ1n) is 11.4. The SMILES string of the molecule is CC(C)Oc1ccc(NC(=O)c2cn(-c3ccc4c(c3)C(=O)N(C3CCC(=O)NC3=O)C4)nn2)cn1. The molecule has 5 rings (SSSR count). The van der Waals surface area contributed by atoms with Gasteiger partial charge in [-0.3, -0.25) is 24.5 Å². The average molecular weight is 489 g/mol. The number of hydrogen-bond donors (Lipinski definition) is 2. The third kappa shape index (κ3) is 4.52. The molecule has 2 aliphatic heterocycles. The molecule has 0 radical (unpaired) electrons. The maximum Gasteiger partial charge on any atom is 0.277 e. The van der Waals surface area contributed by atoms with Crippen molar-refractivity contribution in [3.63, 3.8) is 0 Å². The van der Waals surface area contributed by atoms with Gasteiger partial charge in [0.15, 0.2) is 5.69 Å². The van der Waals surface area contributed by atoms with Crippen LogP contribution in [0.1, 0.15) is 53.1 Å². The van der Waals surface area contributed by atoms with E-state index in [1.165, 1.54) is 22.0 Å². The fourth-order valence-electron chi connectivity index (χ4n) is 4.14. The van der Waals surface area contributed by atoms with E-state index < -0.39 is 17.9 Å². The van der Waals surface area contributed by atoms with Gasteiger partial charge in [0.2, 0.25) is 17.7 Å². The van der Waals surface area contributed by atoms with Crippen LogP contribution in [0.3, 0.4) is 0 Å². The number of carbonyl (C=O) groups is 4. The maximum atomic E-state index is 13.0. The molecule has 4 amide bonds. The molecule has 2 N–H and O–H groups in total. The highest BCUT2D eigenvalue weighted by molar-refractivity contribution is 6.05. The topological polar surface area (TPSA) is 148 Å². The van der Waals surface area contributed by atoms with Crippen molar-refractivity contribution >= 4 is 29.3 Å². The van der Waals surface area contributed by atoms with Crippen LogP contribution in [0.4, 0.5) is 5.69 Å². The molecule has 36 heavy (non-hydrogen) atoms. The Morgan fingerprint density at radius 1 is 1.19 bits per heavy atom. The lowest BCUT2D eigenvalue weighted by atomic mass is 10.0. The number of benzene rings is 1. The summed E-state index contributed by atoms with van der Waals surface area (Å²) in [5, 5.41) is 13.0. The van der Waals surface area contributed by atoms with Crippen LogP contribution >= 0.6 is 0 Å². The fourth-order valence-corrected chi connectivity index (χ4v) is 4.14. The van der Waals surface area contributed by atoms with Crippen molar-refractivity contribution in [1.82, 2.24) is 30.2 Å². The summed E-state index contributed by atoms with van der Waals surface area (Å²) in [4.78, 5) is 55.0. The zero-order valence-electron chi connectivity index (χ0n) is 19.6. The molecule has 1 unspecified atom stereocenters. The van der Waals surface area contributed by atoms with Crippen LogP contribution in [0, 0.1) is 0 Å². The predicted octanol–water partition coefficient (Wildman–Crippen LogP) is 1.46. The molecule has 0 saturated carbocycles. The summed E-state index contributed by atoms with van der Waals surface area (Å²) < 4.78 is 6.89. The molecule has 1 atom stereocenters. The summed E-state index contributed by atoms with van der Waals surface area (Å²) in [6.07, 6.45) is 3.42. The molecular weight excluding hydrogens is 466 g/mol. The Hall–Kier alpha value is -4.61. The Morgan fingerprint density at radius 2 is 2.03 bits per heavy atom. The van der Waals surface area contributed by atoms with Gasteiger partial charge in [-0.2, -0.15) is 0 Å². The lowest BCUT2D eigenvalue weighted by Crippen LogP contribution is -2.52. The van der Waals surface area contributed by atoms with E-state index in [4.69, 9.17) is 4.74 Å². The van der Waals surface area contributed by atoms with E-state index in [9.17, 15) is 19.2 Å². The third-order valence-corrected chi connectivity index (χ3v) is 5.85. The number of fused-ring (bicyclic) bond motifs is 1. The molecule has 0 spiro atoms. The van der Waals surface area contributed by atoms with Crippen molar-refractivity contribution in [2.24, 2.45) is 0 Å². The van der Waals surface area contributed by atoms with E-state index in [1.807, 2.05) is 13.8 Å². The smallest absolute Gasteiger partial charge is 0.277 e. The fraction of sp³-hybridized carbons (Fsp3) is 0.292. The van der Waals surface area contributed by atoms with Crippen molar-refractivity contribution in [3.05, 3.63) is 59.5 Å². The van der Waals surface area contributed by atoms with Gasteiger partial charge in [0.05, 0.1) is 29.9 Å². The summed E-state index contributed by atoms with van der Waals surface area (Å²) in [5.41, 5.74) is 2.30. The Bertz CT molecular complexity index is 1370. The molecule has 1 aromatic carbocycles. The minimum absolute atomic E-state index is 0.0111. The number of carbonyl (C=O) groups excluding carboxylic acids is 4. The summed E-state index contributed by atoms with van der Waals surface area (Å²) >= 11 is 0. The molecule has 1 saturated heterocycles. The molecule has 3 aromatic rings. The summed E-state index contributed by atoms with van der Waals surface area (Å²) in [6, 6.07) is 7.83. The van der Waals surface area contributed by atoms with Gasteiger partial charge in [-0.05, 0) is 44.0 Å². The molecular formula is C24H23N7O5. The average Bonchev–Trinajstić information content (AvgIpc) is 3.45. The van der Waals surface area contributed by atoms with Crippen LogP contribution in [0.25, 0.3) is 5.69 Å². The first-order valence-corrected chi connectivity index (χ1v) is 11.4. The van der Waals surface area contributed by atoms with Gasteiger partial charge in [-0.25, -0.2) is 9.67 Å². The second kappa shape index (κ2) is 9.21. The number of piperidine rings is 1. The maximum absolute atomic E-state index is 13.0. The van der Waals surface area contributed by atoms with Gasteiger partial charge < -0.3 is 15.0 Å². The Kier molecular flexibility index (Phi) is 5.92. The molecule has 12 nitrogen and oxygen atoms in total. The summed E-state index contributed by atoms with van der Waals surface area (Å²) in [7, 11) is 0. The quantitative estimate of drug-likeness (QED) is 0.495. The number of hydrogen-bond acceptors (Lipinski definition) is 8. The molecule has 2 aromatic heterocycles. The van der Waals surface area contributed by atoms with E-state index in [1.54, 1.807) is 30.3 Å². The Balaban J connectivity index is 1.28. The van der Waals surface area contributed by atoms with Crippen molar-refractivity contribution in [3.8, 4) is 11.6 Å². The zero-order chi connectivity index (χ0) is 25.4. The van der Waals surface area contributed by atoms with Gasteiger partial charge in [-0.1, -0.05) is 11.3 Å². The number of aromatic nitrogens is 4. The number of nitrogens with zero attached hydrogens (tertiary/aromatic N) is 5. The van der Waals surface area contributed by atoms with E-state index in [0.717, 1.165) is 5.56 Å². The number of nitrogens with one attached hydrogen (secondary N) is 2. The number of imide groups is 1. The number of amides is 4. The first-order chi connectivity index (χ1) is 17.3. The molecule has 4 heterocycles. The van der Waals surface area contributed by atoms with Crippen LogP contribution in [0.5, 0.6) is 5.88 Å².